The normalized spacial score (nSPS) is 15.6. The highest BCUT2D eigenvalue weighted by Gasteiger charge is 2.39. The van der Waals surface area contributed by atoms with E-state index in [0.717, 1.165) is 173 Å². The molecule has 7 aromatic carbocycles. The molecule has 3 aliphatic carbocycles. The molecule has 25 heteroatoms. The van der Waals surface area contributed by atoms with Gasteiger partial charge in [-0.15, -0.1) is 11.3 Å². The van der Waals surface area contributed by atoms with E-state index < -0.39 is 0 Å². The highest BCUT2D eigenvalue weighted by atomic mass is 32.1. The molecule has 20 aromatic rings. The highest BCUT2D eigenvalue weighted by molar-refractivity contribution is 7.13. The van der Waals surface area contributed by atoms with Crippen LogP contribution in [0.4, 0.5) is 23.3 Å². The molecule has 0 unspecified atom stereocenters. The van der Waals surface area contributed by atoms with Crippen molar-refractivity contribution in [3.63, 3.8) is 0 Å². The molecule has 0 radical (unpaired) electrons. The first-order valence-corrected chi connectivity index (χ1v) is 42.7. The quantitative estimate of drug-likeness (QED) is 0.0624. The maximum absolute atomic E-state index is 11.5. The van der Waals surface area contributed by atoms with Gasteiger partial charge in [-0.1, -0.05) is 197 Å². The van der Waals surface area contributed by atoms with Gasteiger partial charge in [0.25, 0.3) is 0 Å². The lowest BCUT2D eigenvalue weighted by Gasteiger charge is -2.31. The van der Waals surface area contributed by atoms with Crippen molar-refractivity contribution in [3.8, 4) is 89.4 Å². The summed E-state index contributed by atoms with van der Waals surface area (Å²) < 4.78 is 8.17. The maximum Gasteiger partial charge on any atom is 0.220 e. The number of primary amides is 2. The van der Waals surface area contributed by atoms with Gasteiger partial charge in [0.15, 0.2) is 0 Å². The van der Waals surface area contributed by atoms with Crippen LogP contribution in [0.5, 0.6) is 0 Å². The number of hydrogen-bond donors (Lipinski definition) is 6. The Labute approximate surface area is 721 Å². The molecule has 0 atom stereocenters. The molecule has 0 aliphatic heterocycles. The van der Waals surface area contributed by atoms with Gasteiger partial charge in [-0.3, -0.25) is 27.2 Å². The molecule has 0 saturated heterocycles. The number of amides is 2. The predicted molar refractivity (Wildman–Crippen MR) is 497 cm³/mol. The van der Waals surface area contributed by atoms with E-state index in [4.69, 9.17) is 74.3 Å². The number of thiophene rings is 1. The Balaban J connectivity index is 0.000000105. The van der Waals surface area contributed by atoms with Crippen molar-refractivity contribution in [1.82, 2.24) is 77.4 Å². The highest BCUT2D eigenvalue weighted by Crippen LogP contribution is 2.47. The van der Waals surface area contributed by atoms with Gasteiger partial charge >= 0.3 is 0 Å². The van der Waals surface area contributed by atoms with E-state index >= 15 is 0 Å². The molecule has 0 spiro atoms. The Morgan fingerprint density at radius 2 is 0.656 bits per heavy atom. The first-order valence-electron chi connectivity index (χ1n) is 41.8. The summed E-state index contributed by atoms with van der Waals surface area (Å²) in [6.07, 6.45) is 20.9. The summed E-state index contributed by atoms with van der Waals surface area (Å²) in [5, 5.41) is 6.38. The van der Waals surface area contributed by atoms with Crippen LogP contribution >= 0.6 is 11.3 Å². The first kappa shape index (κ1) is 78.1. The van der Waals surface area contributed by atoms with Crippen molar-refractivity contribution in [3.05, 3.63) is 303 Å². The lowest BCUT2D eigenvalue weighted by atomic mass is 9.74. The van der Waals surface area contributed by atoms with Gasteiger partial charge in [-0.05, 0) is 98.5 Å². The number of rotatable bonds is 13. The van der Waals surface area contributed by atoms with E-state index in [1.165, 1.54) is 24.1 Å². The van der Waals surface area contributed by atoms with Crippen LogP contribution in [-0.4, -0.2) is 89.2 Å². The fourth-order valence-corrected chi connectivity index (χ4v) is 17.9. The fraction of sp³-hybridized carbons (Fsp3) is 0.160. The van der Waals surface area contributed by atoms with Gasteiger partial charge < -0.3 is 34.4 Å². The molecule has 3 fully saturated rings. The van der Waals surface area contributed by atoms with E-state index in [-0.39, 0.29) is 40.9 Å². The molecule has 12 N–H and O–H groups in total. The number of nitrogens with two attached hydrogens (primary N) is 6. The van der Waals surface area contributed by atoms with E-state index in [1.54, 1.807) is 36.1 Å². The third-order valence-electron chi connectivity index (χ3n) is 24.2. The zero-order valence-corrected chi connectivity index (χ0v) is 69.6. The summed E-state index contributed by atoms with van der Waals surface area (Å²) >= 11 is 1.70. The van der Waals surface area contributed by atoms with Crippen LogP contribution in [0.25, 0.3) is 155 Å². The average molecular weight is 1660 g/mol. The number of carbonyl (C=O) groups is 2. The van der Waals surface area contributed by atoms with Crippen LogP contribution in [0.3, 0.4) is 0 Å². The van der Waals surface area contributed by atoms with Crippen LogP contribution in [-0.2, 0) is 15.0 Å². The van der Waals surface area contributed by atoms with E-state index in [0.29, 0.717) is 54.9 Å². The number of imidazole rings is 4. The van der Waals surface area contributed by atoms with Gasteiger partial charge in [0.1, 0.15) is 91.4 Å². The minimum absolute atomic E-state index is 0.0914. The molecule has 125 heavy (non-hydrogen) atoms. The fourth-order valence-electron chi connectivity index (χ4n) is 17.2. The summed E-state index contributed by atoms with van der Waals surface area (Å²) in [6, 6.07) is 76.1. The minimum atomic E-state index is -0.247. The summed E-state index contributed by atoms with van der Waals surface area (Å²) in [5.74, 6) is 5.79. The Morgan fingerprint density at radius 1 is 0.344 bits per heavy atom. The number of aromatic nitrogens is 16. The molecule has 24 nitrogen and oxygen atoms in total. The van der Waals surface area contributed by atoms with Crippen molar-refractivity contribution >= 4 is 112 Å². The van der Waals surface area contributed by atoms with Crippen LogP contribution < -0.4 is 34.4 Å². The number of anilines is 4. The first-order chi connectivity index (χ1) is 60.9. The summed E-state index contributed by atoms with van der Waals surface area (Å²) in [4.78, 5) is 81.0. The monoisotopic (exact) mass is 1660 g/mol. The standard InChI is InChI=1S/2C26H22N6O.C25H23N5.C23H19N5S/c2*27-24-23-22(31-26(32(23)11-10-29-24)19-12-18(13-19)25(28)33)17-7-6-16-8-9-20(30-21(16)14-17)15-4-2-1-3-5-15;1-25(2,3)24-29-21(22-23(26)27-13-14-30(22)24)18-10-9-17-11-12-19(28-20(17)15-18)16-7-5-4-6-8-16;24-22-21-20(27-23(15-3-1-4-15)28(21)11-10-25-22)16-7-6-14-8-9-17(26-18(14)13-16)19-5-2-12-29-19/h2*1-11,14,18-19H,12-13H2,(H2,27,29)(H2,28,33);4-15H,1-3H3,(H2,26,27);2,5-13,15H,1,3-4H2,(H2,24,25). The molecule has 13 heterocycles. The Bertz CT molecular complexity index is 7320. The lowest BCUT2D eigenvalue weighted by molar-refractivity contribution is -0.125. The zero-order valence-electron chi connectivity index (χ0n) is 68.7. The minimum Gasteiger partial charge on any atom is -0.382 e. The van der Waals surface area contributed by atoms with Gasteiger partial charge in [-0.2, -0.15) is 0 Å². The van der Waals surface area contributed by atoms with E-state index in [1.807, 2.05) is 125 Å². The SMILES string of the molecule is CC(C)(C)c1nc(-c2ccc3ccc(-c4ccccc4)nc3c2)c2c(N)nccn12.NC(=O)C1CC(c2nc(-c3ccc4ccc(-c5ccccc5)nc4c3)c3c(N)nccn23)C1.NC(=O)C1CC(c2nc(-c3ccc4ccc(-c5ccccc5)nc4c3)c3c(N)nccn23)C1.Nc1nccn2c(C3CCC3)nc(-c3ccc4ccc(-c5cccs5)nc4c3)c12. The number of nitrogens with zero attached hydrogens (tertiary/aromatic N) is 16. The number of hydrogen-bond acceptors (Lipinski definition) is 19. The summed E-state index contributed by atoms with van der Waals surface area (Å²) in [6.45, 7) is 6.45. The van der Waals surface area contributed by atoms with E-state index in [9.17, 15) is 9.59 Å². The van der Waals surface area contributed by atoms with Gasteiger partial charge in [0, 0.05) is 145 Å². The molecule has 2 amide bonds. The third-order valence-corrected chi connectivity index (χ3v) is 25.1. The largest absolute Gasteiger partial charge is 0.382 e. The van der Waals surface area contributed by atoms with Crippen LogP contribution in [0.1, 0.15) is 107 Å². The number of pyridine rings is 4. The second-order valence-corrected chi connectivity index (χ2v) is 34.2. The Hall–Kier alpha value is -15.5. The zero-order chi connectivity index (χ0) is 85.3. The van der Waals surface area contributed by atoms with Crippen molar-refractivity contribution in [2.24, 2.45) is 23.3 Å². The molecule has 3 aliphatic rings. The Kier molecular flexibility index (Phi) is 20.1. The number of fused-ring (bicyclic) bond motifs is 8. The summed E-state index contributed by atoms with van der Waals surface area (Å²) in [5.41, 5.74) is 57.0. The molecule has 3 saturated carbocycles. The van der Waals surface area contributed by atoms with Crippen LogP contribution in [0.2, 0.25) is 0 Å². The van der Waals surface area contributed by atoms with Crippen molar-refractivity contribution in [2.75, 3.05) is 22.9 Å². The van der Waals surface area contributed by atoms with Gasteiger partial charge in [0.2, 0.25) is 11.8 Å². The molecule has 0 bridgehead atoms. The van der Waals surface area contributed by atoms with E-state index in [2.05, 4.69) is 188 Å². The number of carbonyl (C=O) groups excluding carboxylic acids is 2. The van der Waals surface area contributed by atoms with Gasteiger partial charge in [-0.25, -0.2) is 59.8 Å². The predicted octanol–water partition coefficient (Wildman–Crippen LogP) is 19.4. The van der Waals surface area contributed by atoms with Crippen LogP contribution in [0, 0.1) is 11.8 Å². The van der Waals surface area contributed by atoms with Crippen molar-refractivity contribution in [2.45, 2.75) is 88.9 Å². The van der Waals surface area contributed by atoms with Crippen LogP contribution in [0.15, 0.2) is 279 Å². The van der Waals surface area contributed by atoms with Crippen molar-refractivity contribution in [1.29, 1.82) is 0 Å². The third kappa shape index (κ3) is 14.9. The summed E-state index contributed by atoms with van der Waals surface area (Å²) in [7, 11) is 0. The topological polar surface area (TPSA) is 363 Å². The molecular weight excluding hydrogens is 1570 g/mol. The average Bonchev–Trinajstić information content (AvgIpc) is 1.61. The Morgan fingerprint density at radius 3 is 0.976 bits per heavy atom. The second kappa shape index (κ2) is 32.1. The lowest BCUT2D eigenvalue weighted by Crippen LogP contribution is -2.34. The smallest absolute Gasteiger partial charge is 0.220 e. The number of nitrogen functional groups attached to an aromatic ring is 4. The second-order valence-electron chi connectivity index (χ2n) is 33.3. The van der Waals surface area contributed by atoms with Gasteiger partial charge in [0.05, 0.1) is 49.7 Å². The number of benzene rings is 7. The molecule has 614 valence electrons. The van der Waals surface area contributed by atoms with Crippen molar-refractivity contribution < 1.29 is 9.59 Å². The molecule has 13 aromatic heterocycles. The molecular formula is C100H86N22O2S. The maximum atomic E-state index is 11.5. The molecule has 23 rings (SSSR count).